The first kappa shape index (κ1) is 15.9. The normalized spacial score (nSPS) is 12.8. The van der Waals surface area contributed by atoms with Crippen LogP contribution in [0.4, 0.5) is 4.79 Å². The van der Waals surface area contributed by atoms with Gasteiger partial charge in [0, 0.05) is 13.0 Å². The summed E-state index contributed by atoms with van der Waals surface area (Å²) in [5.41, 5.74) is -0.684. The number of aromatic nitrogens is 3. The van der Waals surface area contributed by atoms with Gasteiger partial charge in [0.15, 0.2) is 0 Å². The number of aryl methyl sites for hydroxylation is 1. The molecule has 0 fully saturated rings. The van der Waals surface area contributed by atoms with Gasteiger partial charge in [-0.1, -0.05) is 0 Å². The molecule has 112 valence electrons. The Labute approximate surface area is 117 Å². The molecule has 1 rings (SSSR count). The summed E-state index contributed by atoms with van der Waals surface area (Å²) < 4.78 is 6.61. The molecule has 0 aliphatic heterocycles. The summed E-state index contributed by atoms with van der Waals surface area (Å²) in [6.45, 7) is 7.56. The standard InChI is InChI=1S/C12H20N4O4/c1-5-16-9(13-7-14-16)6-8(10(17)18)15-11(19)20-12(2,3)4/h7-8H,5-6H2,1-4H3,(H,15,19)(H,17,18). The van der Waals surface area contributed by atoms with E-state index in [1.54, 1.807) is 25.5 Å². The summed E-state index contributed by atoms with van der Waals surface area (Å²) in [5.74, 6) is -0.655. The van der Waals surface area contributed by atoms with Crippen molar-refractivity contribution in [3.05, 3.63) is 12.2 Å². The predicted octanol–water partition coefficient (Wildman–Crippen LogP) is 0.818. The number of rotatable bonds is 5. The topological polar surface area (TPSA) is 106 Å². The molecule has 0 aliphatic rings. The molecule has 1 aromatic heterocycles. The van der Waals surface area contributed by atoms with Gasteiger partial charge in [-0.25, -0.2) is 14.6 Å². The highest BCUT2D eigenvalue weighted by Gasteiger charge is 2.25. The van der Waals surface area contributed by atoms with Crippen LogP contribution in [0, 0.1) is 0 Å². The SMILES string of the molecule is CCn1ncnc1CC(NC(=O)OC(C)(C)C)C(=O)O. The molecule has 0 spiro atoms. The molecule has 0 bridgehead atoms. The van der Waals surface area contributed by atoms with Gasteiger partial charge in [0.2, 0.25) is 0 Å². The largest absolute Gasteiger partial charge is 0.480 e. The second kappa shape index (κ2) is 6.36. The van der Waals surface area contributed by atoms with Crippen molar-refractivity contribution in [1.29, 1.82) is 0 Å². The van der Waals surface area contributed by atoms with Crippen molar-refractivity contribution >= 4 is 12.1 Å². The molecule has 20 heavy (non-hydrogen) atoms. The van der Waals surface area contributed by atoms with Crippen LogP contribution in [0.25, 0.3) is 0 Å². The van der Waals surface area contributed by atoms with E-state index in [2.05, 4.69) is 15.4 Å². The number of alkyl carbamates (subject to hydrolysis) is 1. The van der Waals surface area contributed by atoms with Crippen LogP contribution in [0.1, 0.15) is 33.5 Å². The van der Waals surface area contributed by atoms with Crippen LogP contribution in [0.5, 0.6) is 0 Å². The van der Waals surface area contributed by atoms with Crippen LogP contribution in [0.2, 0.25) is 0 Å². The molecule has 0 aromatic carbocycles. The number of aliphatic carboxylic acids is 1. The molecular weight excluding hydrogens is 264 g/mol. The van der Waals surface area contributed by atoms with E-state index in [9.17, 15) is 9.59 Å². The number of nitrogens with zero attached hydrogens (tertiary/aromatic N) is 3. The number of hydrogen-bond donors (Lipinski definition) is 2. The van der Waals surface area contributed by atoms with Gasteiger partial charge in [-0.2, -0.15) is 5.10 Å². The lowest BCUT2D eigenvalue weighted by Crippen LogP contribution is -2.45. The van der Waals surface area contributed by atoms with E-state index >= 15 is 0 Å². The van der Waals surface area contributed by atoms with Crippen molar-refractivity contribution in [2.45, 2.75) is 52.3 Å². The maximum Gasteiger partial charge on any atom is 0.408 e. The maximum absolute atomic E-state index is 11.6. The number of nitrogens with one attached hydrogen (secondary N) is 1. The smallest absolute Gasteiger partial charge is 0.408 e. The molecule has 8 nitrogen and oxygen atoms in total. The number of hydrogen-bond acceptors (Lipinski definition) is 5. The van der Waals surface area contributed by atoms with Crippen LogP contribution in [0.3, 0.4) is 0 Å². The van der Waals surface area contributed by atoms with Crippen LogP contribution >= 0.6 is 0 Å². The summed E-state index contributed by atoms with van der Waals surface area (Å²) in [5, 5.41) is 15.4. The van der Waals surface area contributed by atoms with Gasteiger partial charge in [-0.3, -0.25) is 4.68 Å². The Morgan fingerprint density at radius 2 is 2.15 bits per heavy atom. The van der Waals surface area contributed by atoms with Gasteiger partial charge in [0.05, 0.1) is 0 Å². The minimum atomic E-state index is -1.15. The summed E-state index contributed by atoms with van der Waals surface area (Å²) in [6, 6.07) is -1.11. The molecule has 1 heterocycles. The number of ether oxygens (including phenoxy) is 1. The quantitative estimate of drug-likeness (QED) is 0.829. The molecule has 0 aliphatic carbocycles. The Bertz CT molecular complexity index is 478. The monoisotopic (exact) mass is 284 g/mol. The lowest BCUT2D eigenvalue weighted by Gasteiger charge is -2.21. The van der Waals surface area contributed by atoms with E-state index < -0.39 is 23.7 Å². The van der Waals surface area contributed by atoms with E-state index in [0.717, 1.165) is 0 Å². The minimum absolute atomic E-state index is 0.0441. The van der Waals surface area contributed by atoms with Gasteiger partial charge in [0.1, 0.15) is 23.8 Å². The Hall–Kier alpha value is -2.12. The van der Waals surface area contributed by atoms with Gasteiger partial charge in [-0.05, 0) is 27.7 Å². The van der Waals surface area contributed by atoms with Crippen molar-refractivity contribution < 1.29 is 19.4 Å². The van der Waals surface area contributed by atoms with Crippen molar-refractivity contribution in [3.63, 3.8) is 0 Å². The van der Waals surface area contributed by atoms with E-state index in [-0.39, 0.29) is 6.42 Å². The first-order valence-corrected chi connectivity index (χ1v) is 6.32. The van der Waals surface area contributed by atoms with Gasteiger partial charge < -0.3 is 15.2 Å². The molecule has 0 radical (unpaired) electrons. The summed E-state index contributed by atoms with van der Waals surface area (Å²) >= 11 is 0. The Morgan fingerprint density at radius 1 is 1.50 bits per heavy atom. The fraction of sp³-hybridized carbons (Fsp3) is 0.667. The van der Waals surface area contributed by atoms with E-state index in [1.807, 2.05) is 6.92 Å². The lowest BCUT2D eigenvalue weighted by atomic mass is 10.2. The molecule has 0 saturated heterocycles. The van der Waals surface area contributed by atoms with Crippen molar-refractivity contribution in [3.8, 4) is 0 Å². The van der Waals surface area contributed by atoms with Crippen LogP contribution in [-0.4, -0.2) is 43.6 Å². The highest BCUT2D eigenvalue weighted by Crippen LogP contribution is 2.08. The third-order valence-corrected chi connectivity index (χ3v) is 2.37. The second-order valence-electron chi connectivity index (χ2n) is 5.23. The number of carbonyl (C=O) groups excluding carboxylic acids is 1. The highest BCUT2D eigenvalue weighted by atomic mass is 16.6. The van der Waals surface area contributed by atoms with E-state index in [0.29, 0.717) is 12.4 Å². The van der Waals surface area contributed by atoms with Crippen LogP contribution in [-0.2, 0) is 22.5 Å². The minimum Gasteiger partial charge on any atom is -0.480 e. The third kappa shape index (κ3) is 4.87. The van der Waals surface area contributed by atoms with Crippen molar-refractivity contribution in [2.24, 2.45) is 0 Å². The van der Waals surface area contributed by atoms with Gasteiger partial charge in [-0.15, -0.1) is 0 Å². The van der Waals surface area contributed by atoms with Crippen LogP contribution < -0.4 is 5.32 Å². The number of carboxylic acids is 1. The third-order valence-electron chi connectivity index (χ3n) is 2.37. The number of carboxylic acid groups (broad SMARTS) is 1. The van der Waals surface area contributed by atoms with Gasteiger partial charge in [0.25, 0.3) is 0 Å². The number of amides is 1. The van der Waals surface area contributed by atoms with E-state index in [4.69, 9.17) is 9.84 Å². The summed E-state index contributed by atoms with van der Waals surface area (Å²) in [4.78, 5) is 26.8. The van der Waals surface area contributed by atoms with Gasteiger partial charge >= 0.3 is 12.1 Å². The van der Waals surface area contributed by atoms with Crippen molar-refractivity contribution in [2.75, 3.05) is 0 Å². The molecule has 1 amide bonds. The Kier molecular flexibility index (Phi) is 5.06. The fourth-order valence-electron chi connectivity index (χ4n) is 1.54. The van der Waals surface area contributed by atoms with Crippen molar-refractivity contribution in [1.82, 2.24) is 20.1 Å². The molecule has 2 N–H and O–H groups in total. The van der Waals surface area contributed by atoms with E-state index in [1.165, 1.54) is 6.33 Å². The van der Waals surface area contributed by atoms with Crippen LogP contribution in [0.15, 0.2) is 6.33 Å². The molecular formula is C12H20N4O4. The predicted molar refractivity (Wildman–Crippen MR) is 70.2 cm³/mol. The zero-order chi connectivity index (χ0) is 15.3. The highest BCUT2D eigenvalue weighted by molar-refractivity contribution is 5.80. The second-order valence-corrected chi connectivity index (χ2v) is 5.23. The zero-order valence-corrected chi connectivity index (χ0v) is 12.1. The molecule has 1 atom stereocenters. The summed E-state index contributed by atoms with van der Waals surface area (Å²) in [7, 11) is 0. The average molecular weight is 284 g/mol. The molecule has 1 unspecified atom stereocenters. The Balaban J connectivity index is 2.71. The first-order chi connectivity index (χ1) is 9.23. The fourth-order valence-corrected chi connectivity index (χ4v) is 1.54. The maximum atomic E-state index is 11.6. The Morgan fingerprint density at radius 3 is 2.65 bits per heavy atom. The molecule has 8 heteroatoms. The summed E-state index contributed by atoms with van der Waals surface area (Å²) in [6.07, 6.45) is 0.626. The average Bonchev–Trinajstić information content (AvgIpc) is 2.72. The first-order valence-electron chi connectivity index (χ1n) is 6.32. The number of carbonyl (C=O) groups is 2. The lowest BCUT2D eigenvalue weighted by molar-refractivity contribution is -0.139. The molecule has 1 aromatic rings. The molecule has 0 saturated carbocycles. The zero-order valence-electron chi connectivity index (χ0n) is 12.1.